The summed E-state index contributed by atoms with van der Waals surface area (Å²) in [6.07, 6.45) is -0.705. The molecule has 0 saturated carbocycles. The predicted octanol–water partition coefficient (Wildman–Crippen LogP) is -2.05. The molecule has 0 radical (unpaired) electrons. The molecule has 0 spiro atoms. The van der Waals surface area contributed by atoms with E-state index in [4.69, 9.17) is 17.2 Å². The minimum Gasteiger partial charge on any atom is -0.508 e. The number of unbranched alkanes of at least 4 members (excludes halogenated alkanes) is 1. The van der Waals surface area contributed by atoms with Crippen LogP contribution in [0, 0.1) is 11.8 Å². The van der Waals surface area contributed by atoms with Crippen molar-refractivity contribution in [3.8, 4) is 5.75 Å². The average Bonchev–Trinajstić information content (AvgIpc) is 3.08. The number of nitrogens with two attached hydrogens (primary N) is 3. The lowest BCUT2D eigenvalue weighted by Gasteiger charge is -2.27. The Balaban J connectivity index is 3.38. The van der Waals surface area contributed by atoms with Gasteiger partial charge in [0.05, 0.1) is 18.9 Å². The standard InChI is InChI=1S/C34H54N8O11/c1-5-18(4)28(34(52)53)42-32(50)22(14-19-9-11-20(43)12-10-19)39-30(48)23(15-25(36)44)40-31(49)24(16-26(45)46)41-29(47)21(8-6-7-13-35)38-33(51)27(37)17(2)3/h9-12,17-18,21-24,27-28,43H,5-8,13-16,35,37H2,1-4H3,(H2,36,44)(H,38,51)(H,39,48)(H,40,49)(H,41,47)(H,42,50)(H,45,46)(H,52,53)/t18-,21-,22-,23-,24-,27-,28-/m0/s1. The van der Waals surface area contributed by atoms with E-state index < -0.39 is 102 Å². The summed E-state index contributed by atoms with van der Waals surface area (Å²) in [5, 5.41) is 40.8. The summed E-state index contributed by atoms with van der Waals surface area (Å²) in [7, 11) is 0. The Morgan fingerprint density at radius 1 is 0.698 bits per heavy atom. The Bertz CT molecular complexity index is 1440. The van der Waals surface area contributed by atoms with E-state index in [1.165, 1.54) is 24.3 Å². The molecule has 0 bridgehead atoms. The minimum absolute atomic E-state index is 0.0674. The number of carbonyl (C=O) groups is 8. The van der Waals surface area contributed by atoms with Gasteiger partial charge in [-0.15, -0.1) is 0 Å². The molecular formula is C34H54N8O11. The average molecular weight is 751 g/mol. The van der Waals surface area contributed by atoms with Crippen molar-refractivity contribution in [2.75, 3.05) is 6.54 Å². The maximum atomic E-state index is 13.6. The van der Waals surface area contributed by atoms with Gasteiger partial charge in [-0.05, 0) is 55.3 Å². The second kappa shape index (κ2) is 22.6. The second-order valence-electron chi connectivity index (χ2n) is 13.1. The lowest BCUT2D eigenvalue weighted by molar-refractivity contribution is -0.144. The molecule has 53 heavy (non-hydrogen) atoms. The Morgan fingerprint density at radius 2 is 1.19 bits per heavy atom. The van der Waals surface area contributed by atoms with Gasteiger partial charge in [0.2, 0.25) is 35.4 Å². The summed E-state index contributed by atoms with van der Waals surface area (Å²) in [6, 6.07) is -3.09. The maximum absolute atomic E-state index is 13.6. The Morgan fingerprint density at radius 3 is 1.66 bits per heavy atom. The highest BCUT2D eigenvalue weighted by Crippen LogP contribution is 2.14. The summed E-state index contributed by atoms with van der Waals surface area (Å²) in [5.74, 6) is -9.64. The van der Waals surface area contributed by atoms with Crippen LogP contribution in [0.5, 0.6) is 5.75 Å². The monoisotopic (exact) mass is 750 g/mol. The Labute approximate surface area is 307 Å². The maximum Gasteiger partial charge on any atom is 0.326 e. The molecule has 19 nitrogen and oxygen atoms in total. The largest absolute Gasteiger partial charge is 0.508 e. The van der Waals surface area contributed by atoms with Gasteiger partial charge in [0, 0.05) is 6.42 Å². The third-order valence-corrected chi connectivity index (χ3v) is 8.44. The summed E-state index contributed by atoms with van der Waals surface area (Å²) in [5.41, 5.74) is 17.3. The molecule has 1 rings (SSSR count). The third-order valence-electron chi connectivity index (χ3n) is 8.44. The van der Waals surface area contributed by atoms with Gasteiger partial charge in [-0.25, -0.2) is 4.79 Å². The molecule has 0 aliphatic carbocycles. The van der Waals surface area contributed by atoms with Crippen LogP contribution < -0.4 is 43.8 Å². The highest BCUT2D eigenvalue weighted by molar-refractivity contribution is 5.98. The molecule has 6 amide bonds. The van der Waals surface area contributed by atoms with Gasteiger partial charge >= 0.3 is 11.9 Å². The molecule has 1 aromatic carbocycles. The SMILES string of the molecule is CC[C@H](C)[C@H](NC(=O)[C@H](Cc1ccc(O)cc1)NC(=O)[C@H](CC(N)=O)NC(=O)[C@H](CC(=O)O)NC(=O)[C@H](CCCCN)NC(=O)[C@@H](N)C(C)C)C(=O)O. The summed E-state index contributed by atoms with van der Waals surface area (Å²) in [6.45, 7) is 7.01. The van der Waals surface area contributed by atoms with E-state index in [2.05, 4.69) is 26.6 Å². The normalized spacial score (nSPS) is 15.0. The van der Waals surface area contributed by atoms with E-state index >= 15 is 0 Å². The van der Waals surface area contributed by atoms with Gasteiger partial charge in [-0.3, -0.25) is 33.6 Å². The van der Waals surface area contributed by atoms with Crippen molar-refractivity contribution in [2.45, 2.75) is 109 Å². The van der Waals surface area contributed by atoms with Crippen molar-refractivity contribution >= 4 is 47.4 Å². The van der Waals surface area contributed by atoms with Gasteiger partial charge in [0.25, 0.3) is 0 Å². The number of rotatable bonds is 24. The zero-order chi connectivity index (χ0) is 40.4. The van der Waals surface area contributed by atoms with E-state index in [1.807, 2.05) is 0 Å². The molecule has 0 saturated heterocycles. The number of phenols is 1. The number of nitrogens with one attached hydrogen (secondary N) is 5. The quantitative estimate of drug-likeness (QED) is 0.0508. The summed E-state index contributed by atoms with van der Waals surface area (Å²) >= 11 is 0. The molecule has 0 aliphatic rings. The van der Waals surface area contributed by atoms with E-state index in [-0.39, 0.29) is 31.1 Å². The summed E-state index contributed by atoms with van der Waals surface area (Å²) in [4.78, 5) is 102. The van der Waals surface area contributed by atoms with Crippen LogP contribution >= 0.6 is 0 Å². The van der Waals surface area contributed by atoms with Gasteiger partial charge in [-0.1, -0.05) is 46.2 Å². The van der Waals surface area contributed by atoms with Crippen molar-refractivity contribution in [3.05, 3.63) is 29.8 Å². The second-order valence-corrected chi connectivity index (χ2v) is 13.1. The molecule has 0 fully saturated rings. The lowest BCUT2D eigenvalue weighted by atomic mass is 9.98. The smallest absolute Gasteiger partial charge is 0.326 e. The Kier molecular flexibility index (Phi) is 19.5. The number of phenolic OH excluding ortho intramolecular Hbond substituents is 1. The van der Waals surface area contributed by atoms with Crippen LogP contribution in [0.25, 0.3) is 0 Å². The van der Waals surface area contributed by atoms with Crippen molar-refractivity contribution in [3.63, 3.8) is 0 Å². The van der Waals surface area contributed by atoms with Gasteiger partial charge in [0.15, 0.2) is 0 Å². The van der Waals surface area contributed by atoms with Crippen LogP contribution in [-0.2, 0) is 44.8 Å². The van der Waals surface area contributed by atoms with Gasteiger partial charge in [0.1, 0.15) is 36.0 Å². The summed E-state index contributed by atoms with van der Waals surface area (Å²) < 4.78 is 0. The highest BCUT2D eigenvalue weighted by atomic mass is 16.4. The number of hydrogen-bond donors (Lipinski definition) is 11. The number of carboxylic acids is 2. The highest BCUT2D eigenvalue weighted by Gasteiger charge is 2.35. The van der Waals surface area contributed by atoms with Crippen molar-refractivity contribution in [1.29, 1.82) is 0 Å². The molecule has 1 aromatic rings. The van der Waals surface area contributed by atoms with Gasteiger partial charge < -0.3 is 59.1 Å². The first-order valence-electron chi connectivity index (χ1n) is 17.3. The fraction of sp³-hybridized carbons (Fsp3) is 0.588. The number of carboxylic acid groups (broad SMARTS) is 2. The van der Waals surface area contributed by atoms with E-state index in [1.54, 1.807) is 27.7 Å². The van der Waals surface area contributed by atoms with E-state index in [9.17, 15) is 53.7 Å². The Hall–Kier alpha value is -5.30. The van der Waals surface area contributed by atoms with Crippen LogP contribution in [0.2, 0.25) is 0 Å². The number of aromatic hydroxyl groups is 1. The van der Waals surface area contributed by atoms with Crippen LogP contribution in [-0.4, -0.2) is 105 Å². The first-order valence-corrected chi connectivity index (χ1v) is 17.3. The fourth-order valence-corrected chi connectivity index (χ4v) is 4.96. The number of carbonyl (C=O) groups excluding carboxylic acids is 6. The zero-order valence-electron chi connectivity index (χ0n) is 30.4. The molecule has 296 valence electrons. The van der Waals surface area contributed by atoms with Crippen LogP contribution in [0.4, 0.5) is 0 Å². The predicted molar refractivity (Wildman–Crippen MR) is 190 cm³/mol. The number of primary amides is 1. The number of amides is 6. The fourth-order valence-electron chi connectivity index (χ4n) is 4.96. The molecule has 0 heterocycles. The third kappa shape index (κ3) is 16.3. The van der Waals surface area contributed by atoms with Crippen LogP contribution in [0.1, 0.15) is 71.8 Å². The number of aliphatic carboxylic acids is 2. The van der Waals surface area contributed by atoms with Crippen molar-refractivity contribution < 1.29 is 53.7 Å². The molecule has 14 N–H and O–H groups in total. The van der Waals surface area contributed by atoms with Crippen molar-refractivity contribution in [2.24, 2.45) is 29.0 Å². The topological polar surface area (TPSA) is 335 Å². The molecule has 7 atom stereocenters. The first-order chi connectivity index (χ1) is 24.8. The molecule has 19 heteroatoms. The van der Waals surface area contributed by atoms with Crippen molar-refractivity contribution in [1.82, 2.24) is 26.6 Å². The molecule has 0 unspecified atom stereocenters. The van der Waals surface area contributed by atoms with E-state index in [0.717, 1.165) is 0 Å². The van der Waals surface area contributed by atoms with E-state index in [0.29, 0.717) is 24.8 Å². The lowest BCUT2D eigenvalue weighted by Crippen LogP contribution is -2.60. The minimum atomic E-state index is -1.82. The number of benzene rings is 1. The molecule has 0 aromatic heterocycles. The molecule has 0 aliphatic heterocycles. The van der Waals surface area contributed by atoms with Crippen LogP contribution in [0.15, 0.2) is 24.3 Å². The van der Waals surface area contributed by atoms with Gasteiger partial charge in [-0.2, -0.15) is 0 Å². The zero-order valence-corrected chi connectivity index (χ0v) is 30.4. The molecular weight excluding hydrogens is 696 g/mol. The number of hydrogen-bond acceptors (Lipinski definition) is 11. The van der Waals surface area contributed by atoms with Crippen LogP contribution in [0.3, 0.4) is 0 Å². The first kappa shape index (κ1) is 45.7.